The highest BCUT2D eigenvalue weighted by Gasteiger charge is 2.09. The topological polar surface area (TPSA) is 145 Å². The van der Waals surface area contributed by atoms with Crippen molar-refractivity contribution in [3.05, 3.63) is 77.3 Å². The molecule has 0 aliphatic carbocycles. The van der Waals surface area contributed by atoms with Crippen LogP contribution in [0.25, 0.3) is 21.7 Å². The minimum absolute atomic E-state index is 0.0730. The first-order valence-corrected chi connectivity index (χ1v) is 11.4. The molecule has 0 spiro atoms. The lowest BCUT2D eigenvalue weighted by molar-refractivity contribution is -0.137. The van der Waals surface area contributed by atoms with Crippen molar-refractivity contribution in [2.75, 3.05) is 20.3 Å². The molecular formula is C23H22N2O8S. The van der Waals surface area contributed by atoms with E-state index < -0.39 is 21.6 Å². The van der Waals surface area contributed by atoms with E-state index in [1.165, 1.54) is 24.5 Å². The molecule has 2 N–H and O–H groups in total. The number of rotatable bonds is 7. The third kappa shape index (κ3) is 6.38. The van der Waals surface area contributed by atoms with Crippen molar-refractivity contribution in [3.63, 3.8) is 0 Å². The second-order valence-electron chi connectivity index (χ2n) is 7.07. The third-order valence-corrected chi connectivity index (χ3v) is 5.53. The van der Waals surface area contributed by atoms with E-state index in [-0.39, 0.29) is 11.4 Å². The molecule has 10 nitrogen and oxygen atoms in total. The summed E-state index contributed by atoms with van der Waals surface area (Å²) in [5.41, 5.74) is 0.0883. The Hall–Kier alpha value is -3.80. The van der Waals surface area contributed by atoms with Crippen LogP contribution in [0.1, 0.15) is 0 Å². The van der Waals surface area contributed by atoms with Gasteiger partial charge in [0.25, 0.3) is 15.7 Å². The smallest absolute Gasteiger partial charge is 0.323 e. The van der Waals surface area contributed by atoms with Gasteiger partial charge in [-0.2, -0.15) is 8.42 Å². The van der Waals surface area contributed by atoms with E-state index in [0.717, 1.165) is 15.3 Å². The molecule has 4 aromatic rings. The molecule has 2 aromatic carbocycles. The van der Waals surface area contributed by atoms with Crippen LogP contribution in [0.3, 0.4) is 0 Å². The Bertz CT molecular complexity index is 1480. The largest absolute Gasteiger partial charge is 0.490 e. The van der Waals surface area contributed by atoms with Gasteiger partial charge in [-0.3, -0.25) is 19.1 Å². The molecule has 2 heterocycles. The van der Waals surface area contributed by atoms with Gasteiger partial charge in [-0.05, 0) is 35.0 Å². The maximum absolute atomic E-state index is 12.1. The van der Waals surface area contributed by atoms with Crippen LogP contribution in [0.5, 0.6) is 5.75 Å². The van der Waals surface area contributed by atoms with Crippen molar-refractivity contribution in [1.29, 1.82) is 0 Å². The Balaban J connectivity index is 0.000000202. The Morgan fingerprint density at radius 1 is 1.06 bits per heavy atom. The molecule has 0 aliphatic rings. The minimum Gasteiger partial charge on any atom is -0.490 e. The molecule has 0 fully saturated rings. The van der Waals surface area contributed by atoms with Crippen LogP contribution < -0.4 is 10.3 Å². The summed E-state index contributed by atoms with van der Waals surface area (Å²) in [6.45, 7) is 0.388. The average molecular weight is 487 g/mol. The van der Waals surface area contributed by atoms with E-state index in [1.54, 1.807) is 31.4 Å². The second-order valence-corrected chi connectivity index (χ2v) is 8.49. The van der Waals surface area contributed by atoms with Crippen molar-refractivity contribution in [1.82, 2.24) is 9.55 Å². The quantitative estimate of drug-likeness (QED) is 0.297. The summed E-state index contributed by atoms with van der Waals surface area (Å²) in [6.07, 6.45) is 2.93. The monoisotopic (exact) mass is 486 g/mol. The number of pyridine rings is 2. The maximum atomic E-state index is 12.1. The highest BCUT2D eigenvalue weighted by molar-refractivity contribution is 7.85. The van der Waals surface area contributed by atoms with E-state index in [0.29, 0.717) is 29.9 Å². The van der Waals surface area contributed by atoms with Gasteiger partial charge in [0, 0.05) is 13.3 Å². The molecular weight excluding hydrogens is 464 g/mol. The first-order valence-electron chi connectivity index (χ1n) is 9.98. The van der Waals surface area contributed by atoms with Crippen LogP contribution in [0, 0.1) is 0 Å². The van der Waals surface area contributed by atoms with E-state index in [2.05, 4.69) is 4.98 Å². The van der Waals surface area contributed by atoms with Gasteiger partial charge in [-0.15, -0.1) is 0 Å². The first-order chi connectivity index (χ1) is 16.2. The van der Waals surface area contributed by atoms with Crippen LogP contribution in [0.15, 0.2) is 76.7 Å². The lowest BCUT2D eigenvalue weighted by atomic mass is 10.1. The highest BCUT2D eigenvalue weighted by Crippen LogP contribution is 2.18. The van der Waals surface area contributed by atoms with Crippen LogP contribution in [0.4, 0.5) is 0 Å². The standard InChI is InChI=1S/C13H14N2O5.C10H8O3S/c1-19-4-5-20-9-6-10-11(14-7-9)2-3-15(13(10)18)8-12(16)17;11-14(12,13)10-6-5-8-3-1-2-4-9(8)7-10/h2-3,6-7H,4-5,8H2,1H3,(H,16,17);1-7H,(H,11,12,13). The Morgan fingerprint density at radius 2 is 1.79 bits per heavy atom. The summed E-state index contributed by atoms with van der Waals surface area (Å²) in [5.74, 6) is -0.633. The van der Waals surface area contributed by atoms with Gasteiger partial charge < -0.3 is 19.1 Å². The van der Waals surface area contributed by atoms with Gasteiger partial charge in [0.05, 0.1) is 28.6 Å². The number of aromatic nitrogens is 2. The first kappa shape index (κ1) is 24.8. The fourth-order valence-electron chi connectivity index (χ4n) is 3.06. The zero-order valence-corrected chi connectivity index (χ0v) is 18.9. The molecule has 11 heteroatoms. The van der Waals surface area contributed by atoms with Gasteiger partial charge in [-0.25, -0.2) is 0 Å². The Morgan fingerprint density at radius 3 is 2.47 bits per heavy atom. The lowest BCUT2D eigenvalue weighted by Crippen LogP contribution is -2.23. The molecule has 2 aromatic heterocycles. The van der Waals surface area contributed by atoms with Crippen molar-refractivity contribution in [2.45, 2.75) is 11.4 Å². The van der Waals surface area contributed by atoms with E-state index in [1.807, 2.05) is 18.2 Å². The predicted octanol–water partition coefficient (Wildman–Crippen LogP) is 2.59. The third-order valence-electron chi connectivity index (χ3n) is 4.68. The summed E-state index contributed by atoms with van der Waals surface area (Å²) in [7, 11) is -2.53. The van der Waals surface area contributed by atoms with E-state index in [4.69, 9.17) is 19.1 Å². The lowest BCUT2D eigenvalue weighted by Gasteiger charge is -2.07. The molecule has 178 valence electrons. The average Bonchev–Trinajstić information content (AvgIpc) is 2.81. The van der Waals surface area contributed by atoms with Crippen LogP contribution >= 0.6 is 0 Å². The molecule has 0 bridgehead atoms. The summed E-state index contributed by atoms with van der Waals surface area (Å²) in [5, 5.41) is 10.8. The van der Waals surface area contributed by atoms with Gasteiger partial charge in [0.2, 0.25) is 0 Å². The number of fused-ring (bicyclic) bond motifs is 2. The van der Waals surface area contributed by atoms with E-state index >= 15 is 0 Å². The molecule has 0 amide bonds. The molecule has 0 radical (unpaired) electrons. The number of carbonyl (C=O) groups is 1. The maximum Gasteiger partial charge on any atom is 0.323 e. The fourth-order valence-corrected chi connectivity index (χ4v) is 3.58. The number of aliphatic carboxylic acids is 1. The normalized spacial score (nSPS) is 11.1. The van der Waals surface area contributed by atoms with Crippen molar-refractivity contribution in [2.24, 2.45) is 0 Å². The van der Waals surface area contributed by atoms with Gasteiger partial charge in [0.1, 0.15) is 18.9 Å². The fraction of sp³-hybridized carbons (Fsp3) is 0.174. The molecule has 34 heavy (non-hydrogen) atoms. The number of ether oxygens (including phenoxy) is 2. The van der Waals surface area contributed by atoms with Gasteiger partial charge >= 0.3 is 5.97 Å². The van der Waals surface area contributed by atoms with Crippen molar-refractivity contribution in [3.8, 4) is 5.75 Å². The molecule has 0 unspecified atom stereocenters. The summed E-state index contributed by atoms with van der Waals surface area (Å²) >= 11 is 0. The molecule has 0 atom stereocenters. The van der Waals surface area contributed by atoms with Crippen molar-refractivity contribution >= 4 is 37.8 Å². The Labute approximate surface area is 194 Å². The number of carboxylic acids is 1. The Kier molecular flexibility index (Phi) is 7.95. The van der Waals surface area contributed by atoms with Crippen LogP contribution in [-0.4, -0.2) is 53.9 Å². The highest BCUT2D eigenvalue weighted by atomic mass is 32.2. The molecule has 0 saturated heterocycles. The number of carboxylic acid groups (broad SMARTS) is 1. The zero-order chi connectivity index (χ0) is 24.7. The van der Waals surface area contributed by atoms with Crippen LogP contribution in [0.2, 0.25) is 0 Å². The minimum atomic E-state index is -4.09. The molecule has 0 aliphatic heterocycles. The zero-order valence-electron chi connectivity index (χ0n) is 18.1. The van der Waals surface area contributed by atoms with Gasteiger partial charge in [-0.1, -0.05) is 30.3 Å². The number of methoxy groups -OCH3 is 1. The summed E-state index contributed by atoms with van der Waals surface area (Å²) < 4.78 is 41.8. The molecule has 4 rings (SSSR count). The predicted molar refractivity (Wildman–Crippen MR) is 125 cm³/mol. The number of benzene rings is 2. The molecule has 0 saturated carbocycles. The summed E-state index contributed by atoms with van der Waals surface area (Å²) in [6, 6.07) is 15.0. The number of hydrogen-bond donors (Lipinski definition) is 2. The summed E-state index contributed by atoms with van der Waals surface area (Å²) in [4.78, 5) is 26.9. The van der Waals surface area contributed by atoms with E-state index in [9.17, 15) is 18.0 Å². The van der Waals surface area contributed by atoms with Crippen molar-refractivity contribution < 1.29 is 32.3 Å². The van der Waals surface area contributed by atoms with Gasteiger partial charge in [0.15, 0.2) is 0 Å². The second kappa shape index (κ2) is 10.9. The SMILES string of the molecule is COCCOc1cnc2ccn(CC(=O)O)c(=O)c2c1.O=S(=O)(O)c1ccc2ccccc2c1. The van der Waals surface area contributed by atoms with Crippen LogP contribution in [-0.2, 0) is 26.2 Å². The number of nitrogens with zero attached hydrogens (tertiary/aromatic N) is 2. The number of hydrogen-bond acceptors (Lipinski definition) is 7.